The number of hydrogen-bond donors (Lipinski definition) is 3. The van der Waals surface area contributed by atoms with Crippen LogP contribution in [0.2, 0.25) is 0 Å². The molecule has 3 N–H and O–H groups in total. The summed E-state index contributed by atoms with van der Waals surface area (Å²) in [6.45, 7) is 0.0287. The van der Waals surface area contributed by atoms with Gasteiger partial charge in [-0.05, 0) is 28.3 Å². The van der Waals surface area contributed by atoms with Crippen LogP contribution in [0.25, 0.3) is 11.1 Å². The largest absolute Gasteiger partial charge is 0.496 e. The number of fused-ring (bicyclic) bond motifs is 3. The van der Waals surface area contributed by atoms with Crippen molar-refractivity contribution in [3.63, 3.8) is 0 Å². The smallest absolute Gasteiger partial charge is 0.407 e. The standard InChI is InChI=1S/C25H25NO5/c1-30-23-13-7-6-12-20(23)24(28)22(27)14-26-25(29)31-15-21-18-10-4-2-8-16(18)17-9-3-5-11-19(17)21/h2-13,21-22,24,27-28H,14-15H2,1H3,(H,26,29). The maximum absolute atomic E-state index is 12.3. The van der Waals surface area contributed by atoms with Gasteiger partial charge in [0.05, 0.1) is 7.11 Å². The molecule has 160 valence electrons. The van der Waals surface area contributed by atoms with Gasteiger partial charge in [-0.2, -0.15) is 0 Å². The molecule has 3 aromatic carbocycles. The Morgan fingerprint density at radius 1 is 0.935 bits per heavy atom. The van der Waals surface area contributed by atoms with Crippen molar-refractivity contribution in [1.82, 2.24) is 5.32 Å². The molecule has 6 nitrogen and oxygen atoms in total. The Balaban J connectivity index is 1.35. The molecule has 6 heteroatoms. The van der Waals surface area contributed by atoms with E-state index < -0.39 is 18.3 Å². The highest BCUT2D eigenvalue weighted by Crippen LogP contribution is 2.44. The van der Waals surface area contributed by atoms with Gasteiger partial charge in [0, 0.05) is 18.0 Å². The number of methoxy groups -OCH3 is 1. The van der Waals surface area contributed by atoms with Gasteiger partial charge >= 0.3 is 6.09 Å². The van der Waals surface area contributed by atoms with Gasteiger partial charge in [0.15, 0.2) is 0 Å². The van der Waals surface area contributed by atoms with E-state index in [4.69, 9.17) is 9.47 Å². The number of carbonyl (C=O) groups excluding carboxylic acids is 1. The van der Waals surface area contributed by atoms with E-state index in [1.807, 2.05) is 24.3 Å². The number of carbonyl (C=O) groups is 1. The maximum Gasteiger partial charge on any atom is 0.407 e. The summed E-state index contributed by atoms with van der Waals surface area (Å²) in [4.78, 5) is 12.3. The van der Waals surface area contributed by atoms with Crippen LogP contribution in [0.3, 0.4) is 0 Å². The zero-order valence-electron chi connectivity index (χ0n) is 17.2. The number of hydrogen-bond acceptors (Lipinski definition) is 5. The molecule has 4 rings (SSSR count). The molecular formula is C25H25NO5. The van der Waals surface area contributed by atoms with Gasteiger partial charge in [-0.15, -0.1) is 0 Å². The lowest BCUT2D eigenvalue weighted by Gasteiger charge is -2.21. The molecule has 0 bridgehead atoms. The molecule has 0 fully saturated rings. The number of aliphatic hydroxyl groups is 2. The molecule has 0 saturated carbocycles. The highest BCUT2D eigenvalue weighted by molar-refractivity contribution is 5.79. The first-order valence-corrected chi connectivity index (χ1v) is 10.2. The van der Waals surface area contributed by atoms with Gasteiger partial charge in [-0.1, -0.05) is 66.7 Å². The Labute approximate surface area is 181 Å². The lowest BCUT2D eigenvalue weighted by molar-refractivity contribution is 0.0172. The van der Waals surface area contributed by atoms with Crippen molar-refractivity contribution < 1.29 is 24.5 Å². The SMILES string of the molecule is COc1ccccc1C(O)C(O)CNC(=O)OCC1c2ccccc2-c2ccccc21. The zero-order valence-corrected chi connectivity index (χ0v) is 17.2. The first kappa shape index (κ1) is 20.9. The number of ether oxygens (including phenoxy) is 2. The van der Waals surface area contributed by atoms with Crippen molar-refractivity contribution in [2.45, 2.75) is 18.1 Å². The molecule has 0 aromatic heterocycles. The molecule has 1 amide bonds. The third-order valence-electron chi connectivity index (χ3n) is 5.62. The van der Waals surface area contributed by atoms with E-state index in [0.29, 0.717) is 11.3 Å². The molecule has 2 unspecified atom stereocenters. The minimum absolute atomic E-state index is 0.0396. The minimum atomic E-state index is -1.21. The Morgan fingerprint density at radius 2 is 1.52 bits per heavy atom. The van der Waals surface area contributed by atoms with Crippen LogP contribution in [-0.2, 0) is 4.74 Å². The minimum Gasteiger partial charge on any atom is -0.496 e. The van der Waals surface area contributed by atoms with Crippen LogP contribution in [0.1, 0.15) is 28.7 Å². The fraction of sp³-hybridized carbons (Fsp3) is 0.240. The van der Waals surface area contributed by atoms with Crippen LogP contribution < -0.4 is 10.1 Å². The quantitative estimate of drug-likeness (QED) is 0.544. The second kappa shape index (κ2) is 9.20. The van der Waals surface area contributed by atoms with Crippen molar-refractivity contribution in [3.8, 4) is 16.9 Å². The highest BCUT2D eigenvalue weighted by Gasteiger charge is 2.29. The van der Waals surface area contributed by atoms with Crippen molar-refractivity contribution >= 4 is 6.09 Å². The van der Waals surface area contributed by atoms with Crippen LogP contribution in [0.15, 0.2) is 72.8 Å². The number of benzene rings is 3. The molecule has 3 aromatic rings. The number of rotatable bonds is 7. The highest BCUT2D eigenvalue weighted by atomic mass is 16.5. The van der Waals surface area contributed by atoms with Gasteiger partial charge in [0.1, 0.15) is 24.6 Å². The van der Waals surface area contributed by atoms with Gasteiger partial charge in [0.25, 0.3) is 0 Å². The fourth-order valence-electron chi connectivity index (χ4n) is 4.07. The number of alkyl carbamates (subject to hydrolysis) is 1. The van der Waals surface area contributed by atoms with E-state index in [1.54, 1.807) is 24.3 Å². The second-order valence-corrected chi connectivity index (χ2v) is 7.46. The molecule has 31 heavy (non-hydrogen) atoms. The van der Waals surface area contributed by atoms with E-state index in [9.17, 15) is 15.0 Å². The Bertz CT molecular complexity index is 1020. The van der Waals surface area contributed by atoms with Crippen molar-refractivity contribution in [2.24, 2.45) is 0 Å². The molecule has 0 spiro atoms. The molecule has 2 atom stereocenters. The van der Waals surface area contributed by atoms with E-state index in [-0.39, 0.29) is 19.1 Å². The van der Waals surface area contributed by atoms with Crippen LogP contribution >= 0.6 is 0 Å². The lowest BCUT2D eigenvalue weighted by Crippen LogP contribution is -2.36. The lowest BCUT2D eigenvalue weighted by atomic mass is 9.98. The molecule has 0 aliphatic heterocycles. The Hall–Kier alpha value is -3.35. The normalized spacial score (nSPS) is 14.3. The van der Waals surface area contributed by atoms with Gasteiger partial charge in [-0.3, -0.25) is 0 Å². The summed E-state index contributed by atoms with van der Waals surface area (Å²) in [7, 11) is 1.49. The molecule has 0 saturated heterocycles. The number of amides is 1. The van der Waals surface area contributed by atoms with E-state index in [2.05, 4.69) is 29.6 Å². The predicted octanol–water partition coefficient (Wildman–Crippen LogP) is 3.63. The average molecular weight is 419 g/mol. The first-order valence-electron chi connectivity index (χ1n) is 10.2. The summed E-state index contributed by atoms with van der Waals surface area (Å²) in [5.41, 5.74) is 5.02. The Kier molecular flexibility index (Phi) is 6.21. The maximum atomic E-state index is 12.3. The van der Waals surface area contributed by atoms with Gasteiger partial charge in [-0.25, -0.2) is 4.79 Å². The third-order valence-corrected chi connectivity index (χ3v) is 5.62. The monoisotopic (exact) mass is 419 g/mol. The summed E-state index contributed by atoms with van der Waals surface area (Å²) >= 11 is 0. The molecule has 1 aliphatic rings. The predicted molar refractivity (Wildman–Crippen MR) is 117 cm³/mol. The second-order valence-electron chi connectivity index (χ2n) is 7.46. The van der Waals surface area contributed by atoms with Gasteiger partial charge in [0.2, 0.25) is 0 Å². The van der Waals surface area contributed by atoms with Crippen LogP contribution in [0, 0.1) is 0 Å². The number of para-hydroxylation sites is 1. The summed E-state index contributed by atoms with van der Waals surface area (Å²) in [6.07, 6.45) is -3.06. The summed E-state index contributed by atoms with van der Waals surface area (Å²) < 4.78 is 10.7. The first-order chi connectivity index (χ1) is 15.1. The summed E-state index contributed by atoms with van der Waals surface area (Å²) in [5, 5.41) is 23.2. The van der Waals surface area contributed by atoms with E-state index >= 15 is 0 Å². The van der Waals surface area contributed by atoms with Gasteiger partial charge < -0.3 is 25.0 Å². The number of nitrogens with one attached hydrogen (secondary N) is 1. The summed E-state index contributed by atoms with van der Waals surface area (Å²) in [5.74, 6) is 0.428. The summed E-state index contributed by atoms with van der Waals surface area (Å²) in [6, 6.07) is 23.1. The van der Waals surface area contributed by atoms with E-state index in [0.717, 1.165) is 22.3 Å². The zero-order chi connectivity index (χ0) is 21.8. The van der Waals surface area contributed by atoms with Crippen LogP contribution in [-0.4, -0.2) is 42.7 Å². The Morgan fingerprint density at radius 3 is 2.16 bits per heavy atom. The molecular weight excluding hydrogens is 394 g/mol. The molecule has 0 radical (unpaired) electrons. The van der Waals surface area contributed by atoms with Crippen LogP contribution in [0.4, 0.5) is 4.79 Å². The van der Waals surface area contributed by atoms with Crippen molar-refractivity contribution in [1.29, 1.82) is 0 Å². The molecule has 1 aliphatic carbocycles. The van der Waals surface area contributed by atoms with Crippen LogP contribution in [0.5, 0.6) is 5.75 Å². The number of aliphatic hydroxyl groups excluding tert-OH is 2. The third kappa shape index (κ3) is 4.26. The fourth-order valence-corrected chi connectivity index (χ4v) is 4.07. The topological polar surface area (TPSA) is 88.0 Å². The van der Waals surface area contributed by atoms with E-state index in [1.165, 1.54) is 7.11 Å². The van der Waals surface area contributed by atoms with Crippen molar-refractivity contribution in [2.75, 3.05) is 20.3 Å². The average Bonchev–Trinajstić information content (AvgIpc) is 3.14. The van der Waals surface area contributed by atoms with Crippen molar-refractivity contribution in [3.05, 3.63) is 89.5 Å². The molecule has 0 heterocycles.